The lowest BCUT2D eigenvalue weighted by Crippen LogP contribution is -2.45. The second-order valence-electron chi connectivity index (χ2n) is 5.01. The molecule has 0 amide bonds. The van der Waals surface area contributed by atoms with Crippen LogP contribution in [-0.2, 0) is 4.74 Å². The molecule has 1 saturated heterocycles. The van der Waals surface area contributed by atoms with Gasteiger partial charge in [-0.1, -0.05) is 32.9 Å². The van der Waals surface area contributed by atoms with Crippen molar-refractivity contribution in [3.05, 3.63) is 12.2 Å². The molecule has 1 rings (SSSR count). The minimum absolute atomic E-state index is 0.0116. The summed E-state index contributed by atoms with van der Waals surface area (Å²) in [6, 6.07) is 0. The first-order valence-corrected chi connectivity index (χ1v) is 4.66. The highest BCUT2D eigenvalue weighted by atomic mass is 16.5. The molecule has 1 aliphatic rings. The van der Waals surface area contributed by atoms with Gasteiger partial charge in [0, 0.05) is 0 Å². The van der Waals surface area contributed by atoms with Gasteiger partial charge in [-0.05, 0) is 25.2 Å². The van der Waals surface area contributed by atoms with E-state index in [1.54, 1.807) is 0 Å². The minimum Gasteiger partial charge on any atom is -0.374 e. The summed E-state index contributed by atoms with van der Waals surface area (Å²) in [5, 5.41) is 0. The Morgan fingerprint density at radius 2 is 2.00 bits per heavy atom. The van der Waals surface area contributed by atoms with Gasteiger partial charge in [-0.25, -0.2) is 0 Å². The maximum atomic E-state index is 5.84. The van der Waals surface area contributed by atoms with Crippen LogP contribution in [0.3, 0.4) is 0 Å². The molecule has 1 aliphatic heterocycles. The lowest BCUT2D eigenvalue weighted by atomic mass is 9.73. The fourth-order valence-corrected chi connectivity index (χ4v) is 1.52. The molecular weight excluding hydrogens is 148 g/mol. The Morgan fingerprint density at radius 3 is 2.33 bits per heavy atom. The van der Waals surface area contributed by atoms with E-state index in [4.69, 9.17) is 4.74 Å². The van der Waals surface area contributed by atoms with Gasteiger partial charge in [0.2, 0.25) is 0 Å². The SMILES string of the molecule is C=C1CCOC(C)(C(C)(C)C)C1. The van der Waals surface area contributed by atoms with E-state index in [1.165, 1.54) is 5.57 Å². The Balaban J connectivity index is 2.77. The lowest BCUT2D eigenvalue weighted by Gasteiger charge is -2.45. The first-order valence-electron chi connectivity index (χ1n) is 4.66. The molecule has 1 fully saturated rings. The van der Waals surface area contributed by atoms with E-state index in [0.29, 0.717) is 0 Å². The summed E-state index contributed by atoms with van der Waals surface area (Å²) in [6.45, 7) is 13.8. The molecule has 1 heterocycles. The fourth-order valence-electron chi connectivity index (χ4n) is 1.52. The zero-order valence-corrected chi connectivity index (χ0v) is 8.74. The van der Waals surface area contributed by atoms with E-state index in [9.17, 15) is 0 Å². The van der Waals surface area contributed by atoms with Crippen LogP contribution in [0.2, 0.25) is 0 Å². The smallest absolute Gasteiger partial charge is 0.0739 e. The molecule has 0 aliphatic carbocycles. The van der Waals surface area contributed by atoms with Crippen LogP contribution in [0.1, 0.15) is 40.5 Å². The molecule has 1 unspecified atom stereocenters. The van der Waals surface area contributed by atoms with Crippen LogP contribution in [0.4, 0.5) is 0 Å². The number of ether oxygens (including phenoxy) is 1. The second kappa shape index (κ2) is 2.88. The van der Waals surface area contributed by atoms with Gasteiger partial charge in [0.05, 0.1) is 12.2 Å². The van der Waals surface area contributed by atoms with Gasteiger partial charge in [0.1, 0.15) is 0 Å². The van der Waals surface area contributed by atoms with Crippen molar-refractivity contribution < 1.29 is 4.74 Å². The summed E-state index contributed by atoms with van der Waals surface area (Å²) >= 11 is 0. The lowest BCUT2D eigenvalue weighted by molar-refractivity contribution is -0.116. The Morgan fingerprint density at radius 1 is 1.42 bits per heavy atom. The van der Waals surface area contributed by atoms with Crippen LogP contribution < -0.4 is 0 Å². The van der Waals surface area contributed by atoms with E-state index < -0.39 is 0 Å². The Bertz CT molecular complexity index is 188. The Kier molecular flexibility index (Phi) is 2.35. The largest absolute Gasteiger partial charge is 0.374 e. The Labute approximate surface area is 75.8 Å². The molecule has 12 heavy (non-hydrogen) atoms. The predicted octanol–water partition coefficient (Wildman–Crippen LogP) is 3.16. The van der Waals surface area contributed by atoms with Gasteiger partial charge in [0.15, 0.2) is 0 Å². The van der Waals surface area contributed by atoms with Crippen LogP contribution in [0.25, 0.3) is 0 Å². The average Bonchev–Trinajstić information content (AvgIpc) is 1.83. The van der Waals surface area contributed by atoms with Gasteiger partial charge in [-0.3, -0.25) is 0 Å². The zero-order valence-electron chi connectivity index (χ0n) is 8.74. The number of hydrogen-bond donors (Lipinski definition) is 0. The average molecular weight is 168 g/mol. The summed E-state index contributed by atoms with van der Waals surface area (Å²) in [5.41, 5.74) is 1.53. The highest BCUT2D eigenvalue weighted by molar-refractivity contribution is 5.07. The zero-order chi connectivity index (χ0) is 9.41. The Hall–Kier alpha value is -0.300. The first-order chi connectivity index (χ1) is 5.35. The molecule has 0 N–H and O–H groups in total. The van der Waals surface area contributed by atoms with E-state index >= 15 is 0 Å². The van der Waals surface area contributed by atoms with E-state index in [1.807, 2.05) is 0 Å². The van der Waals surface area contributed by atoms with Crippen LogP contribution in [0, 0.1) is 5.41 Å². The second-order valence-corrected chi connectivity index (χ2v) is 5.01. The molecule has 0 spiro atoms. The van der Waals surface area contributed by atoms with Gasteiger partial charge >= 0.3 is 0 Å². The molecule has 1 heteroatoms. The summed E-state index contributed by atoms with van der Waals surface area (Å²) in [6.07, 6.45) is 2.04. The molecule has 0 aromatic heterocycles. The van der Waals surface area contributed by atoms with E-state index in [2.05, 4.69) is 34.3 Å². The quantitative estimate of drug-likeness (QED) is 0.505. The van der Waals surface area contributed by atoms with Crippen molar-refractivity contribution in [1.82, 2.24) is 0 Å². The third kappa shape index (κ3) is 1.71. The van der Waals surface area contributed by atoms with Crippen LogP contribution in [-0.4, -0.2) is 12.2 Å². The van der Waals surface area contributed by atoms with Crippen molar-refractivity contribution in [3.8, 4) is 0 Å². The van der Waals surface area contributed by atoms with Crippen molar-refractivity contribution in [2.75, 3.05) is 6.61 Å². The molecule has 1 nitrogen and oxygen atoms in total. The first kappa shape index (κ1) is 9.79. The summed E-state index contributed by atoms with van der Waals surface area (Å²) < 4.78 is 5.84. The minimum atomic E-state index is -0.0116. The normalized spacial score (nSPS) is 32.2. The van der Waals surface area contributed by atoms with Gasteiger partial charge in [0.25, 0.3) is 0 Å². The molecule has 0 aromatic carbocycles. The molecule has 0 radical (unpaired) electrons. The van der Waals surface area contributed by atoms with Crippen molar-refractivity contribution in [2.24, 2.45) is 5.41 Å². The molecule has 0 aromatic rings. The standard InChI is InChI=1S/C11H20O/c1-9-6-7-12-11(5,8-9)10(2,3)4/h1,6-8H2,2-5H3. The van der Waals surface area contributed by atoms with Crippen molar-refractivity contribution in [1.29, 1.82) is 0 Å². The highest BCUT2D eigenvalue weighted by Gasteiger charge is 2.40. The molecular formula is C11H20O. The third-order valence-corrected chi connectivity index (χ3v) is 3.05. The monoisotopic (exact) mass is 168 g/mol. The van der Waals surface area contributed by atoms with Crippen LogP contribution >= 0.6 is 0 Å². The highest BCUT2D eigenvalue weighted by Crippen LogP contribution is 2.41. The number of rotatable bonds is 0. The number of hydrogen-bond acceptors (Lipinski definition) is 1. The maximum absolute atomic E-state index is 5.84. The molecule has 1 atom stereocenters. The van der Waals surface area contributed by atoms with Gasteiger partial charge < -0.3 is 4.74 Å². The van der Waals surface area contributed by atoms with Crippen LogP contribution in [0.5, 0.6) is 0 Å². The summed E-state index contributed by atoms with van der Waals surface area (Å²) in [7, 11) is 0. The van der Waals surface area contributed by atoms with Gasteiger partial charge in [-0.2, -0.15) is 0 Å². The molecule has 0 bridgehead atoms. The summed E-state index contributed by atoms with van der Waals surface area (Å²) in [4.78, 5) is 0. The molecule has 70 valence electrons. The molecule has 0 saturated carbocycles. The fraction of sp³-hybridized carbons (Fsp3) is 0.818. The summed E-state index contributed by atoms with van der Waals surface area (Å²) in [5.74, 6) is 0. The van der Waals surface area contributed by atoms with Gasteiger partial charge in [-0.15, -0.1) is 0 Å². The van der Waals surface area contributed by atoms with Crippen molar-refractivity contribution >= 4 is 0 Å². The van der Waals surface area contributed by atoms with Crippen molar-refractivity contribution in [2.45, 2.75) is 46.1 Å². The topological polar surface area (TPSA) is 9.23 Å². The maximum Gasteiger partial charge on any atom is 0.0739 e. The third-order valence-electron chi connectivity index (χ3n) is 3.05. The van der Waals surface area contributed by atoms with Crippen molar-refractivity contribution in [3.63, 3.8) is 0 Å². The van der Waals surface area contributed by atoms with Crippen LogP contribution in [0.15, 0.2) is 12.2 Å². The van der Waals surface area contributed by atoms with E-state index in [0.717, 1.165) is 19.4 Å². The predicted molar refractivity (Wildman–Crippen MR) is 52.2 cm³/mol. The van der Waals surface area contributed by atoms with E-state index in [-0.39, 0.29) is 11.0 Å².